The Kier molecular flexibility index (Phi) is 4.31. The van der Waals surface area contributed by atoms with Gasteiger partial charge in [0.15, 0.2) is 5.69 Å². The van der Waals surface area contributed by atoms with Gasteiger partial charge in [0.1, 0.15) is 6.54 Å². The van der Waals surface area contributed by atoms with Gasteiger partial charge in [-0.15, -0.1) is 0 Å². The lowest BCUT2D eigenvalue weighted by Crippen LogP contribution is -2.13. The van der Waals surface area contributed by atoms with Crippen LogP contribution in [0.3, 0.4) is 0 Å². The van der Waals surface area contributed by atoms with Crippen molar-refractivity contribution in [1.29, 1.82) is 0 Å². The summed E-state index contributed by atoms with van der Waals surface area (Å²) in [7, 11) is 1.82. The predicted octanol–water partition coefficient (Wildman–Crippen LogP) is 2.84. The molecule has 0 unspecified atom stereocenters. The fourth-order valence-corrected chi connectivity index (χ4v) is 2.89. The number of carboxylic acids is 1. The predicted molar refractivity (Wildman–Crippen MR) is 94.8 cm³/mol. The quantitative estimate of drug-likeness (QED) is 0.747. The summed E-state index contributed by atoms with van der Waals surface area (Å²) in [6, 6.07) is 8.99. The Balaban J connectivity index is 1.82. The molecule has 0 saturated carbocycles. The van der Waals surface area contributed by atoms with E-state index >= 15 is 0 Å². The van der Waals surface area contributed by atoms with Crippen molar-refractivity contribution in [2.75, 3.05) is 5.32 Å². The Hall–Kier alpha value is -3.09. The average Bonchev–Trinajstić information content (AvgIpc) is 3.10. The molecule has 0 radical (unpaired) electrons. The summed E-state index contributed by atoms with van der Waals surface area (Å²) in [6.07, 6.45) is 1.72. The third kappa shape index (κ3) is 3.40. The van der Waals surface area contributed by atoms with Gasteiger partial charge in [0.2, 0.25) is 0 Å². The highest BCUT2D eigenvalue weighted by Gasteiger charge is 2.15. The number of nitrogens with one attached hydrogen (secondary N) is 1. The molecule has 7 nitrogen and oxygen atoms in total. The Morgan fingerprint density at radius 3 is 2.64 bits per heavy atom. The Labute approximate surface area is 144 Å². The van der Waals surface area contributed by atoms with E-state index in [1.165, 1.54) is 0 Å². The van der Waals surface area contributed by atoms with E-state index in [4.69, 9.17) is 5.11 Å². The van der Waals surface area contributed by atoms with Crippen molar-refractivity contribution in [3.63, 3.8) is 0 Å². The first kappa shape index (κ1) is 16.8. The molecule has 2 aromatic heterocycles. The first-order valence-electron chi connectivity index (χ1n) is 8.01. The molecular formula is C18H20N4O3. The number of anilines is 1. The lowest BCUT2D eigenvalue weighted by molar-refractivity contribution is -0.137. The van der Waals surface area contributed by atoms with E-state index in [9.17, 15) is 9.59 Å². The summed E-state index contributed by atoms with van der Waals surface area (Å²) in [5.41, 5.74) is 2.81. The fourth-order valence-electron chi connectivity index (χ4n) is 2.89. The summed E-state index contributed by atoms with van der Waals surface area (Å²) >= 11 is 0. The maximum absolute atomic E-state index is 12.4. The van der Waals surface area contributed by atoms with Gasteiger partial charge in [-0.2, -0.15) is 5.10 Å². The van der Waals surface area contributed by atoms with Gasteiger partial charge in [0.25, 0.3) is 5.91 Å². The second-order valence-electron chi connectivity index (χ2n) is 6.30. The van der Waals surface area contributed by atoms with Gasteiger partial charge in [0.05, 0.1) is 0 Å². The number of hydrogen-bond donors (Lipinski definition) is 2. The van der Waals surface area contributed by atoms with Gasteiger partial charge in [-0.25, -0.2) is 0 Å². The Morgan fingerprint density at radius 1 is 1.24 bits per heavy atom. The van der Waals surface area contributed by atoms with Crippen molar-refractivity contribution in [3.8, 4) is 0 Å². The first-order chi connectivity index (χ1) is 11.8. The van der Waals surface area contributed by atoms with Crippen LogP contribution in [0.2, 0.25) is 0 Å². The minimum absolute atomic E-state index is 0.0961. The summed E-state index contributed by atoms with van der Waals surface area (Å²) in [5, 5.41) is 16.9. The van der Waals surface area contributed by atoms with Crippen molar-refractivity contribution < 1.29 is 14.7 Å². The van der Waals surface area contributed by atoms with Crippen LogP contribution in [0.1, 0.15) is 35.9 Å². The van der Waals surface area contributed by atoms with Crippen LogP contribution < -0.4 is 5.32 Å². The Bertz CT molecular complexity index is 953. The maximum Gasteiger partial charge on any atom is 0.323 e. The van der Waals surface area contributed by atoms with Crippen LogP contribution in [-0.4, -0.2) is 31.3 Å². The van der Waals surface area contributed by atoms with Crippen molar-refractivity contribution >= 4 is 28.5 Å². The molecule has 0 fully saturated rings. The van der Waals surface area contributed by atoms with Crippen LogP contribution in [0, 0.1) is 0 Å². The Morgan fingerprint density at radius 2 is 2.00 bits per heavy atom. The number of hydrogen-bond acceptors (Lipinski definition) is 3. The molecule has 0 spiro atoms. The van der Waals surface area contributed by atoms with E-state index in [-0.39, 0.29) is 18.4 Å². The molecule has 1 aromatic carbocycles. The van der Waals surface area contributed by atoms with Gasteiger partial charge in [-0.05, 0) is 36.2 Å². The number of aliphatic carboxylic acids is 1. The van der Waals surface area contributed by atoms with Crippen LogP contribution in [0.5, 0.6) is 0 Å². The molecule has 1 amide bonds. The topological polar surface area (TPSA) is 89.2 Å². The van der Waals surface area contributed by atoms with Crippen LogP contribution in [0.4, 0.5) is 5.69 Å². The second kappa shape index (κ2) is 6.43. The molecule has 7 heteroatoms. The number of fused-ring (bicyclic) bond motifs is 1. The SMILES string of the molecule is CC(C)c1cc(C(=O)Nc2ccc3c(ccn3CC(=O)O)c2)nn1C. The minimum atomic E-state index is -0.897. The summed E-state index contributed by atoms with van der Waals surface area (Å²) < 4.78 is 3.37. The highest BCUT2D eigenvalue weighted by molar-refractivity contribution is 6.04. The van der Waals surface area contributed by atoms with Gasteiger partial charge >= 0.3 is 5.97 Å². The van der Waals surface area contributed by atoms with E-state index in [1.807, 2.05) is 19.2 Å². The average molecular weight is 340 g/mol. The molecule has 0 aliphatic rings. The van der Waals surface area contributed by atoms with Crippen LogP contribution >= 0.6 is 0 Å². The summed E-state index contributed by atoms with van der Waals surface area (Å²) in [5.74, 6) is -0.887. The smallest absolute Gasteiger partial charge is 0.323 e. The minimum Gasteiger partial charge on any atom is -0.480 e. The molecule has 0 aliphatic carbocycles. The van der Waals surface area contributed by atoms with E-state index in [2.05, 4.69) is 24.3 Å². The highest BCUT2D eigenvalue weighted by Crippen LogP contribution is 2.21. The third-order valence-electron chi connectivity index (χ3n) is 4.07. The molecular weight excluding hydrogens is 320 g/mol. The van der Waals surface area contributed by atoms with E-state index in [1.54, 1.807) is 33.6 Å². The number of carbonyl (C=O) groups is 2. The molecule has 2 heterocycles. The largest absolute Gasteiger partial charge is 0.480 e. The maximum atomic E-state index is 12.4. The van der Waals surface area contributed by atoms with Crippen molar-refractivity contribution in [2.24, 2.45) is 7.05 Å². The molecule has 130 valence electrons. The normalized spacial score (nSPS) is 11.2. The van der Waals surface area contributed by atoms with Crippen LogP contribution in [0.15, 0.2) is 36.5 Å². The molecule has 3 aromatic rings. The molecule has 0 atom stereocenters. The number of aromatic nitrogens is 3. The fraction of sp³-hybridized carbons (Fsp3) is 0.278. The molecule has 0 saturated heterocycles. The number of carboxylic acid groups (broad SMARTS) is 1. The zero-order valence-electron chi connectivity index (χ0n) is 14.4. The van der Waals surface area contributed by atoms with Crippen molar-refractivity contribution in [2.45, 2.75) is 26.3 Å². The van der Waals surface area contributed by atoms with Crippen LogP contribution in [-0.2, 0) is 18.4 Å². The van der Waals surface area contributed by atoms with Crippen molar-refractivity contribution in [3.05, 3.63) is 47.9 Å². The number of amides is 1. The van der Waals surface area contributed by atoms with Gasteiger partial charge in [0, 0.05) is 35.5 Å². The van der Waals surface area contributed by atoms with Gasteiger partial charge in [-0.1, -0.05) is 13.8 Å². The molecule has 0 bridgehead atoms. The first-order valence-corrected chi connectivity index (χ1v) is 8.01. The number of rotatable bonds is 5. The van der Waals surface area contributed by atoms with Crippen molar-refractivity contribution in [1.82, 2.24) is 14.3 Å². The summed E-state index contributed by atoms with van der Waals surface area (Å²) in [6.45, 7) is 4.00. The molecule has 2 N–H and O–H groups in total. The zero-order valence-corrected chi connectivity index (χ0v) is 14.4. The van der Waals surface area contributed by atoms with E-state index in [0.29, 0.717) is 11.4 Å². The van der Waals surface area contributed by atoms with E-state index < -0.39 is 5.97 Å². The number of aryl methyl sites for hydroxylation is 1. The monoisotopic (exact) mass is 340 g/mol. The highest BCUT2D eigenvalue weighted by atomic mass is 16.4. The van der Waals surface area contributed by atoms with E-state index in [0.717, 1.165) is 16.6 Å². The summed E-state index contributed by atoms with van der Waals surface area (Å²) in [4.78, 5) is 23.3. The molecule has 25 heavy (non-hydrogen) atoms. The molecule has 0 aliphatic heterocycles. The standard InChI is InChI=1S/C18H20N4O3/c1-11(2)16-9-14(20-21(16)3)18(25)19-13-4-5-15-12(8-13)6-7-22(15)10-17(23)24/h4-9,11H,10H2,1-3H3,(H,19,25)(H,23,24). The lowest BCUT2D eigenvalue weighted by atomic mass is 10.1. The number of carbonyl (C=O) groups excluding carboxylic acids is 1. The van der Waals surface area contributed by atoms with Gasteiger partial charge in [-0.3, -0.25) is 14.3 Å². The lowest BCUT2D eigenvalue weighted by Gasteiger charge is -2.05. The van der Waals surface area contributed by atoms with Gasteiger partial charge < -0.3 is 15.0 Å². The third-order valence-corrected chi connectivity index (χ3v) is 4.07. The second-order valence-corrected chi connectivity index (χ2v) is 6.30. The molecule has 3 rings (SSSR count). The zero-order chi connectivity index (χ0) is 18.1. The number of nitrogens with zero attached hydrogens (tertiary/aromatic N) is 3. The number of benzene rings is 1. The van der Waals surface area contributed by atoms with Crippen LogP contribution in [0.25, 0.3) is 10.9 Å².